The van der Waals surface area contributed by atoms with Gasteiger partial charge in [-0.1, -0.05) is 30.3 Å². The first-order valence-electron chi connectivity index (χ1n) is 9.52. The molecular formula is C22H27N3O3. The SMILES string of the molecule is COC1(C(=O)Nc2ccc(CC(=O)N(C)c3ccccc3)cc2)CCNCC1. The molecule has 28 heavy (non-hydrogen) atoms. The molecule has 0 aliphatic carbocycles. The zero-order chi connectivity index (χ0) is 20.0. The highest BCUT2D eigenvalue weighted by Gasteiger charge is 2.39. The normalized spacial score (nSPS) is 15.6. The van der Waals surface area contributed by atoms with Gasteiger partial charge >= 0.3 is 0 Å². The Morgan fingerprint density at radius 3 is 2.32 bits per heavy atom. The molecule has 0 spiro atoms. The van der Waals surface area contributed by atoms with Crippen LogP contribution in [-0.4, -0.2) is 44.7 Å². The predicted molar refractivity (Wildman–Crippen MR) is 110 cm³/mol. The molecule has 148 valence electrons. The molecule has 0 aromatic heterocycles. The average Bonchev–Trinajstić information content (AvgIpc) is 2.75. The first-order chi connectivity index (χ1) is 13.5. The van der Waals surface area contributed by atoms with Crippen LogP contribution in [0, 0.1) is 0 Å². The van der Waals surface area contributed by atoms with Gasteiger partial charge in [-0.05, 0) is 55.8 Å². The molecule has 2 amide bonds. The number of nitrogens with zero attached hydrogens (tertiary/aromatic N) is 1. The van der Waals surface area contributed by atoms with Gasteiger partial charge in [-0.15, -0.1) is 0 Å². The number of carbonyl (C=O) groups is 2. The summed E-state index contributed by atoms with van der Waals surface area (Å²) in [4.78, 5) is 26.8. The fourth-order valence-corrected chi connectivity index (χ4v) is 3.39. The van der Waals surface area contributed by atoms with E-state index < -0.39 is 5.60 Å². The van der Waals surface area contributed by atoms with Gasteiger partial charge in [-0.25, -0.2) is 0 Å². The van der Waals surface area contributed by atoms with Crippen LogP contribution in [0.4, 0.5) is 11.4 Å². The fraction of sp³-hybridized carbons (Fsp3) is 0.364. The second kappa shape index (κ2) is 8.99. The van der Waals surface area contributed by atoms with E-state index in [2.05, 4.69) is 10.6 Å². The molecule has 0 unspecified atom stereocenters. The third kappa shape index (κ3) is 4.58. The van der Waals surface area contributed by atoms with Gasteiger partial charge in [0, 0.05) is 25.5 Å². The number of rotatable bonds is 6. The van der Waals surface area contributed by atoms with Crippen LogP contribution in [0.15, 0.2) is 54.6 Å². The number of methoxy groups -OCH3 is 1. The molecule has 1 heterocycles. The number of nitrogens with one attached hydrogen (secondary N) is 2. The first kappa shape index (κ1) is 20.0. The number of hydrogen-bond donors (Lipinski definition) is 2. The molecule has 2 aromatic carbocycles. The molecule has 0 bridgehead atoms. The van der Waals surface area contributed by atoms with E-state index in [1.807, 2.05) is 54.6 Å². The second-order valence-corrected chi connectivity index (χ2v) is 7.06. The van der Waals surface area contributed by atoms with Crippen LogP contribution < -0.4 is 15.5 Å². The molecule has 0 atom stereocenters. The zero-order valence-electron chi connectivity index (χ0n) is 16.4. The van der Waals surface area contributed by atoms with Gasteiger partial charge in [0.25, 0.3) is 5.91 Å². The quantitative estimate of drug-likeness (QED) is 0.807. The number of piperidine rings is 1. The van der Waals surface area contributed by atoms with E-state index in [1.165, 1.54) is 0 Å². The van der Waals surface area contributed by atoms with Crippen molar-refractivity contribution in [3.05, 3.63) is 60.2 Å². The van der Waals surface area contributed by atoms with Crippen molar-refractivity contribution >= 4 is 23.2 Å². The van der Waals surface area contributed by atoms with Crippen LogP contribution in [0.25, 0.3) is 0 Å². The number of hydrogen-bond acceptors (Lipinski definition) is 4. The van der Waals surface area contributed by atoms with E-state index in [0.29, 0.717) is 24.9 Å². The van der Waals surface area contributed by atoms with Crippen molar-refractivity contribution in [1.29, 1.82) is 0 Å². The Labute approximate surface area is 165 Å². The fourth-order valence-electron chi connectivity index (χ4n) is 3.39. The van der Waals surface area contributed by atoms with Crippen molar-refractivity contribution in [3.8, 4) is 0 Å². The molecule has 3 rings (SSSR count). The standard InChI is InChI=1S/C22H27N3O3/c1-25(19-6-4-3-5-7-19)20(26)16-17-8-10-18(11-9-17)24-21(27)22(28-2)12-14-23-15-13-22/h3-11,23H,12-16H2,1-2H3,(H,24,27). The van der Waals surface area contributed by atoms with Crippen LogP contribution in [0.1, 0.15) is 18.4 Å². The van der Waals surface area contributed by atoms with Crippen molar-refractivity contribution in [1.82, 2.24) is 5.32 Å². The summed E-state index contributed by atoms with van der Waals surface area (Å²) in [6, 6.07) is 16.9. The lowest BCUT2D eigenvalue weighted by Crippen LogP contribution is -2.51. The third-order valence-corrected chi connectivity index (χ3v) is 5.30. The molecular weight excluding hydrogens is 354 g/mol. The van der Waals surface area contributed by atoms with Crippen LogP contribution >= 0.6 is 0 Å². The first-order valence-corrected chi connectivity index (χ1v) is 9.52. The molecule has 0 saturated carbocycles. The highest BCUT2D eigenvalue weighted by atomic mass is 16.5. The Kier molecular flexibility index (Phi) is 6.44. The summed E-state index contributed by atoms with van der Waals surface area (Å²) in [7, 11) is 3.36. The minimum Gasteiger partial charge on any atom is -0.368 e. The lowest BCUT2D eigenvalue weighted by atomic mass is 9.91. The maximum absolute atomic E-state index is 12.7. The molecule has 2 aromatic rings. The van der Waals surface area contributed by atoms with Crippen LogP contribution in [0.2, 0.25) is 0 Å². The van der Waals surface area contributed by atoms with Crippen molar-refractivity contribution in [3.63, 3.8) is 0 Å². The largest absolute Gasteiger partial charge is 0.368 e. The summed E-state index contributed by atoms with van der Waals surface area (Å²) in [5.74, 6) is -0.111. The highest BCUT2D eigenvalue weighted by molar-refractivity contribution is 5.97. The van der Waals surface area contributed by atoms with Crippen molar-refractivity contribution in [2.24, 2.45) is 0 Å². The number of likely N-dealkylation sites (N-methyl/N-ethyl adjacent to an activating group) is 1. The van der Waals surface area contributed by atoms with E-state index in [-0.39, 0.29) is 11.8 Å². The van der Waals surface area contributed by atoms with Gasteiger partial charge in [-0.3, -0.25) is 9.59 Å². The number of amides is 2. The molecule has 1 aliphatic rings. The predicted octanol–water partition coefficient (Wildman–Crippen LogP) is 2.60. The summed E-state index contributed by atoms with van der Waals surface area (Å²) in [5.41, 5.74) is 1.68. The topological polar surface area (TPSA) is 70.7 Å². The lowest BCUT2D eigenvalue weighted by molar-refractivity contribution is -0.140. The average molecular weight is 381 g/mol. The lowest BCUT2D eigenvalue weighted by Gasteiger charge is -2.34. The minimum atomic E-state index is -0.779. The number of para-hydroxylation sites is 1. The van der Waals surface area contributed by atoms with Crippen molar-refractivity contribution in [2.45, 2.75) is 24.9 Å². The van der Waals surface area contributed by atoms with E-state index in [0.717, 1.165) is 24.3 Å². The molecule has 6 nitrogen and oxygen atoms in total. The summed E-state index contributed by atoms with van der Waals surface area (Å²) < 4.78 is 5.56. The van der Waals surface area contributed by atoms with E-state index in [4.69, 9.17) is 4.74 Å². The third-order valence-electron chi connectivity index (χ3n) is 5.30. The maximum Gasteiger partial charge on any atom is 0.256 e. The smallest absolute Gasteiger partial charge is 0.256 e. The number of benzene rings is 2. The van der Waals surface area contributed by atoms with E-state index in [9.17, 15) is 9.59 Å². The number of anilines is 2. The zero-order valence-corrected chi connectivity index (χ0v) is 16.4. The van der Waals surface area contributed by atoms with Gasteiger partial charge in [0.15, 0.2) is 0 Å². The molecule has 0 radical (unpaired) electrons. The maximum atomic E-state index is 12.7. The monoisotopic (exact) mass is 381 g/mol. The summed E-state index contributed by atoms with van der Waals surface area (Å²) in [6.07, 6.45) is 1.59. The highest BCUT2D eigenvalue weighted by Crippen LogP contribution is 2.25. The Hall–Kier alpha value is -2.70. The Morgan fingerprint density at radius 2 is 1.71 bits per heavy atom. The summed E-state index contributed by atoms with van der Waals surface area (Å²) in [5, 5.41) is 6.19. The molecule has 6 heteroatoms. The van der Waals surface area contributed by atoms with Crippen molar-refractivity contribution in [2.75, 3.05) is 37.5 Å². The van der Waals surface area contributed by atoms with Crippen LogP contribution in [-0.2, 0) is 20.7 Å². The summed E-state index contributed by atoms with van der Waals surface area (Å²) in [6.45, 7) is 1.52. The molecule has 1 aliphatic heterocycles. The number of ether oxygens (including phenoxy) is 1. The second-order valence-electron chi connectivity index (χ2n) is 7.06. The number of carbonyl (C=O) groups excluding carboxylic acids is 2. The van der Waals surface area contributed by atoms with Gasteiger partial charge in [0.05, 0.1) is 6.42 Å². The molecule has 1 fully saturated rings. The van der Waals surface area contributed by atoms with Crippen LogP contribution in [0.5, 0.6) is 0 Å². The minimum absolute atomic E-state index is 0.0102. The van der Waals surface area contributed by atoms with E-state index >= 15 is 0 Å². The van der Waals surface area contributed by atoms with E-state index in [1.54, 1.807) is 19.1 Å². The van der Waals surface area contributed by atoms with Crippen LogP contribution in [0.3, 0.4) is 0 Å². The van der Waals surface area contributed by atoms with Gasteiger partial charge < -0.3 is 20.3 Å². The van der Waals surface area contributed by atoms with Gasteiger partial charge in [0.2, 0.25) is 5.91 Å². The van der Waals surface area contributed by atoms with Gasteiger partial charge in [0.1, 0.15) is 5.60 Å². The molecule has 1 saturated heterocycles. The molecule has 2 N–H and O–H groups in total. The summed E-state index contributed by atoms with van der Waals surface area (Å²) >= 11 is 0. The Balaban J connectivity index is 1.60. The van der Waals surface area contributed by atoms with Gasteiger partial charge in [-0.2, -0.15) is 0 Å². The van der Waals surface area contributed by atoms with Crippen molar-refractivity contribution < 1.29 is 14.3 Å². The Bertz CT molecular complexity index is 800. The Morgan fingerprint density at radius 1 is 1.07 bits per heavy atom.